The van der Waals surface area contributed by atoms with Gasteiger partial charge in [-0.1, -0.05) is 29.8 Å². The highest BCUT2D eigenvalue weighted by Crippen LogP contribution is 2.19. The third-order valence-corrected chi connectivity index (χ3v) is 5.88. The summed E-state index contributed by atoms with van der Waals surface area (Å²) in [4.78, 5) is 27.9. The summed E-state index contributed by atoms with van der Waals surface area (Å²) in [6, 6.07) is 11.5. The van der Waals surface area contributed by atoms with Crippen molar-refractivity contribution < 1.29 is 9.59 Å². The molecule has 0 spiro atoms. The van der Waals surface area contributed by atoms with E-state index in [1.54, 1.807) is 17.4 Å². The van der Waals surface area contributed by atoms with E-state index in [2.05, 4.69) is 11.4 Å². The molecule has 3 rings (SSSR count). The van der Waals surface area contributed by atoms with Crippen molar-refractivity contribution in [1.82, 2.24) is 10.2 Å². The maximum atomic E-state index is 12.4. The molecule has 1 fully saturated rings. The molecular formula is C20H23ClN2O2S. The molecule has 1 aliphatic heterocycles. The Kier molecular flexibility index (Phi) is 6.69. The molecule has 26 heavy (non-hydrogen) atoms. The maximum Gasteiger partial charge on any atom is 0.226 e. The lowest BCUT2D eigenvalue weighted by atomic mass is 9.95. The highest BCUT2D eigenvalue weighted by Gasteiger charge is 2.27. The van der Waals surface area contributed by atoms with Crippen LogP contribution in [0.25, 0.3) is 0 Å². The Morgan fingerprint density at radius 3 is 2.69 bits per heavy atom. The van der Waals surface area contributed by atoms with E-state index in [-0.39, 0.29) is 17.7 Å². The van der Waals surface area contributed by atoms with Crippen LogP contribution in [0.4, 0.5) is 0 Å². The van der Waals surface area contributed by atoms with Gasteiger partial charge in [0.1, 0.15) is 0 Å². The standard InChI is InChI=1S/C20H23ClN2O2S/c21-17-4-1-3-15(13-17)14-19(24)23-10-7-16(8-11-23)20(25)22-9-6-18-5-2-12-26-18/h1-5,12-13,16H,6-11,14H2,(H,22,25). The second kappa shape index (κ2) is 9.19. The molecule has 1 aromatic heterocycles. The van der Waals surface area contributed by atoms with Crippen LogP contribution >= 0.6 is 22.9 Å². The van der Waals surface area contributed by atoms with Crippen LogP contribution in [0.1, 0.15) is 23.3 Å². The first-order valence-corrected chi connectivity index (χ1v) is 10.2. The van der Waals surface area contributed by atoms with Gasteiger partial charge in [0.05, 0.1) is 6.42 Å². The van der Waals surface area contributed by atoms with E-state index >= 15 is 0 Å². The lowest BCUT2D eigenvalue weighted by Gasteiger charge is -2.31. The first-order chi connectivity index (χ1) is 12.6. The molecule has 1 N–H and O–H groups in total. The molecular weight excluding hydrogens is 368 g/mol. The zero-order chi connectivity index (χ0) is 18.4. The summed E-state index contributed by atoms with van der Waals surface area (Å²) in [5.41, 5.74) is 0.927. The quantitative estimate of drug-likeness (QED) is 0.820. The van der Waals surface area contributed by atoms with Crippen molar-refractivity contribution in [2.24, 2.45) is 5.92 Å². The van der Waals surface area contributed by atoms with Crippen LogP contribution < -0.4 is 5.32 Å². The summed E-state index contributed by atoms with van der Waals surface area (Å²) in [5.74, 6) is 0.223. The molecule has 1 aliphatic rings. The zero-order valence-electron chi connectivity index (χ0n) is 14.6. The average molecular weight is 391 g/mol. The van der Waals surface area contributed by atoms with Gasteiger partial charge in [0.2, 0.25) is 11.8 Å². The number of hydrogen-bond acceptors (Lipinski definition) is 3. The predicted molar refractivity (Wildman–Crippen MR) is 105 cm³/mol. The molecule has 1 aromatic carbocycles. The average Bonchev–Trinajstić information content (AvgIpc) is 3.15. The molecule has 0 aliphatic carbocycles. The lowest BCUT2D eigenvalue weighted by Crippen LogP contribution is -2.43. The number of amides is 2. The summed E-state index contributed by atoms with van der Waals surface area (Å²) in [6.45, 7) is 1.96. The second-order valence-electron chi connectivity index (χ2n) is 6.58. The number of piperidine rings is 1. The number of rotatable bonds is 6. The monoisotopic (exact) mass is 390 g/mol. The molecule has 1 saturated heterocycles. The smallest absolute Gasteiger partial charge is 0.226 e. The first-order valence-electron chi connectivity index (χ1n) is 8.94. The van der Waals surface area contributed by atoms with E-state index in [0.717, 1.165) is 24.8 Å². The van der Waals surface area contributed by atoms with Crippen LogP contribution in [0.3, 0.4) is 0 Å². The van der Waals surface area contributed by atoms with Gasteiger partial charge in [0.15, 0.2) is 0 Å². The van der Waals surface area contributed by atoms with Crippen LogP contribution in [-0.2, 0) is 22.4 Å². The number of carbonyl (C=O) groups is 2. The van der Waals surface area contributed by atoms with Crippen molar-refractivity contribution in [3.05, 3.63) is 57.2 Å². The predicted octanol–water partition coefficient (Wildman–Crippen LogP) is 3.54. The Bertz CT molecular complexity index is 740. The molecule has 0 bridgehead atoms. The van der Waals surface area contributed by atoms with Crippen molar-refractivity contribution in [2.75, 3.05) is 19.6 Å². The number of benzene rings is 1. The summed E-state index contributed by atoms with van der Waals surface area (Å²) >= 11 is 7.68. The summed E-state index contributed by atoms with van der Waals surface area (Å²) in [6.07, 6.45) is 2.69. The van der Waals surface area contributed by atoms with E-state index in [4.69, 9.17) is 11.6 Å². The van der Waals surface area contributed by atoms with Gasteiger partial charge >= 0.3 is 0 Å². The van der Waals surface area contributed by atoms with Gasteiger partial charge in [-0.05, 0) is 48.4 Å². The van der Waals surface area contributed by atoms with Gasteiger partial charge in [-0.2, -0.15) is 0 Å². The van der Waals surface area contributed by atoms with Gasteiger partial charge in [0, 0.05) is 35.5 Å². The number of nitrogens with one attached hydrogen (secondary N) is 1. The third-order valence-electron chi connectivity index (χ3n) is 4.71. The van der Waals surface area contributed by atoms with Crippen molar-refractivity contribution in [2.45, 2.75) is 25.7 Å². The van der Waals surface area contributed by atoms with E-state index in [0.29, 0.717) is 31.1 Å². The van der Waals surface area contributed by atoms with Gasteiger partial charge in [-0.15, -0.1) is 11.3 Å². The molecule has 0 unspecified atom stereocenters. The molecule has 4 nitrogen and oxygen atoms in total. The fourth-order valence-corrected chi connectivity index (χ4v) is 4.15. The molecule has 6 heteroatoms. The molecule has 0 radical (unpaired) electrons. The van der Waals surface area contributed by atoms with Crippen molar-refractivity contribution >= 4 is 34.8 Å². The van der Waals surface area contributed by atoms with Crippen molar-refractivity contribution in [3.63, 3.8) is 0 Å². The Morgan fingerprint density at radius 1 is 1.19 bits per heavy atom. The van der Waals surface area contributed by atoms with Gasteiger partial charge in [-0.3, -0.25) is 9.59 Å². The molecule has 2 aromatic rings. The number of halogens is 1. The van der Waals surface area contributed by atoms with Crippen LogP contribution in [0.15, 0.2) is 41.8 Å². The highest BCUT2D eigenvalue weighted by molar-refractivity contribution is 7.09. The highest BCUT2D eigenvalue weighted by atomic mass is 35.5. The second-order valence-corrected chi connectivity index (χ2v) is 8.05. The molecule has 0 saturated carbocycles. The molecule has 2 heterocycles. The third kappa shape index (κ3) is 5.32. The van der Waals surface area contributed by atoms with Crippen LogP contribution in [0.2, 0.25) is 5.02 Å². The van der Waals surface area contributed by atoms with Gasteiger partial charge < -0.3 is 10.2 Å². The summed E-state index contributed by atoms with van der Waals surface area (Å²) in [7, 11) is 0. The molecule has 2 amide bonds. The van der Waals surface area contributed by atoms with Crippen molar-refractivity contribution in [3.8, 4) is 0 Å². The molecule has 0 atom stereocenters. The summed E-state index contributed by atoms with van der Waals surface area (Å²) < 4.78 is 0. The van der Waals surface area contributed by atoms with E-state index < -0.39 is 0 Å². The van der Waals surface area contributed by atoms with Crippen LogP contribution in [-0.4, -0.2) is 36.3 Å². The largest absolute Gasteiger partial charge is 0.355 e. The first kappa shape index (κ1) is 18.9. The minimum Gasteiger partial charge on any atom is -0.355 e. The summed E-state index contributed by atoms with van der Waals surface area (Å²) in [5, 5.41) is 5.73. The normalized spacial score (nSPS) is 15.0. The van der Waals surface area contributed by atoms with Gasteiger partial charge in [-0.25, -0.2) is 0 Å². The van der Waals surface area contributed by atoms with E-state index in [1.165, 1.54) is 4.88 Å². The van der Waals surface area contributed by atoms with E-state index in [1.807, 2.05) is 34.5 Å². The minimum absolute atomic E-state index is 0.00792. The minimum atomic E-state index is 0.00792. The van der Waals surface area contributed by atoms with E-state index in [9.17, 15) is 9.59 Å². The Hall–Kier alpha value is -1.85. The lowest BCUT2D eigenvalue weighted by molar-refractivity contribution is -0.135. The molecule has 138 valence electrons. The number of hydrogen-bond donors (Lipinski definition) is 1. The maximum absolute atomic E-state index is 12.4. The topological polar surface area (TPSA) is 49.4 Å². The zero-order valence-corrected chi connectivity index (χ0v) is 16.2. The Morgan fingerprint density at radius 2 is 2.00 bits per heavy atom. The fraction of sp³-hybridized carbons (Fsp3) is 0.400. The Balaban J connectivity index is 1.40. The fourth-order valence-electron chi connectivity index (χ4n) is 3.23. The number of thiophene rings is 1. The van der Waals surface area contributed by atoms with Crippen LogP contribution in [0.5, 0.6) is 0 Å². The van der Waals surface area contributed by atoms with Crippen molar-refractivity contribution in [1.29, 1.82) is 0 Å². The number of nitrogens with zero attached hydrogens (tertiary/aromatic N) is 1. The SMILES string of the molecule is O=C(NCCc1cccs1)C1CCN(C(=O)Cc2cccc(Cl)c2)CC1. The number of likely N-dealkylation sites (tertiary alicyclic amines) is 1. The van der Waals surface area contributed by atoms with Crippen LogP contribution in [0, 0.1) is 5.92 Å². The number of carbonyl (C=O) groups excluding carboxylic acids is 2. The van der Waals surface area contributed by atoms with Gasteiger partial charge in [0.25, 0.3) is 0 Å². The Labute approximate surface area is 163 Å².